The predicted molar refractivity (Wildman–Crippen MR) is 252 cm³/mol. The summed E-state index contributed by atoms with van der Waals surface area (Å²) >= 11 is 0. The number of carbonyl (C=O) groups is 3. The Kier molecular flexibility index (Phi) is 44.7. The van der Waals surface area contributed by atoms with Crippen molar-refractivity contribution in [2.45, 2.75) is 298 Å². The summed E-state index contributed by atoms with van der Waals surface area (Å²) in [6.07, 6.45) is 46.6. The Labute approximate surface area is 368 Å². The standard InChI is InChI=1S/C53H102O6/c1-6-8-9-10-11-12-13-14-15-16-17-18-19-20-21-28-33-38-43-51(54)57-46-50(59-53(56)45-40-35-30-24-22-26-31-36-41-48(3)4)47-58-52(55)44-39-34-29-25-23-27-32-37-42-49(5)7-2/h48-50H,6-47H2,1-5H3/t49?,50-/m0/s1. The van der Waals surface area contributed by atoms with Crippen molar-refractivity contribution in [3.05, 3.63) is 0 Å². The molecule has 59 heavy (non-hydrogen) atoms. The van der Waals surface area contributed by atoms with Gasteiger partial charge in [-0.2, -0.15) is 0 Å². The van der Waals surface area contributed by atoms with Gasteiger partial charge in [-0.3, -0.25) is 14.4 Å². The first-order valence-corrected chi connectivity index (χ1v) is 26.3. The van der Waals surface area contributed by atoms with Gasteiger partial charge >= 0.3 is 17.9 Å². The lowest BCUT2D eigenvalue weighted by Gasteiger charge is -2.18. The molecule has 0 aromatic heterocycles. The average molecular weight is 835 g/mol. The Hall–Kier alpha value is -1.59. The summed E-state index contributed by atoms with van der Waals surface area (Å²) in [5.41, 5.74) is 0. The number of carbonyl (C=O) groups excluding carboxylic acids is 3. The molecule has 0 spiro atoms. The Morgan fingerprint density at radius 3 is 0.966 bits per heavy atom. The fraction of sp³-hybridized carbons (Fsp3) is 0.943. The molecule has 0 aromatic carbocycles. The van der Waals surface area contributed by atoms with Crippen LogP contribution >= 0.6 is 0 Å². The molecule has 2 atom stereocenters. The highest BCUT2D eigenvalue weighted by atomic mass is 16.6. The van der Waals surface area contributed by atoms with Crippen LogP contribution in [-0.4, -0.2) is 37.2 Å². The molecule has 0 saturated heterocycles. The number of hydrogen-bond acceptors (Lipinski definition) is 6. The molecule has 0 aliphatic carbocycles. The van der Waals surface area contributed by atoms with E-state index >= 15 is 0 Å². The van der Waals surface area contributed by atoms with Crippen LogP contribution in [-0.2, 0) is 28.6 Å². The summed E-state index contributed by atoms with van der Waals surface area (Å²) in [7, 11) is 0. The minimum Gasteiger partial charge on any atom is -0.462 e. The molecule has 0 aliphatic rings. The van der Waals surface area contributed by atoms with Crippen LogP contribution in [0.5, 0.6) is 0 Å². The largest absolute Gasteiger partial charge is 0.462 e. The van der Waals surface area contributed by atoms with Crippen molar-refractivity contribution in [1.82, 2.24) is 0 Å². The quantitative estimate of drug-likeness (QED) is 0.0345. The van der Waals surface area contributed by atoms with E-state index < -0.39 is 6.10 Å². The Morgan fingerprint density at radius 2 is 0.644 bits per heavy atom. The summed E-state index contributed by atoms with van der Waals surface area (Å²) in [6, 6.07) is 0. The monoisotopic (exact) mass is 835 g/mol. The molecule has 6 nitrogen and oxygen atoms in total. The summed E-state index contributed by atoms with van der Waals surface area (Å²) in [5.74, 6) is 0.789. The van der Waals surface area contributed by atoms with Gasteiger partial charge in [-0.1, -0.05) is 253 Å². The normalized spacial score (nSPS) is 12.5. The molecule has 0 aromatic rings. The maximum Gasteiger partial charge on any atom is 0.306 e. The molecule has 0 radical (unpaired) electrons. The maximum absolute atomic E-state index is 12.8. The van der Waals surface area contributed by atoms with Crippen LogP contribution in [0.1, 0.15) is 291 Å². The first-order chi connectivity index (χ1) is 28.8. The van der Waals surface area contributed by atoms with Crippen LogP contribution in [0.15, 0.2) is 0 Å². The van der Waals surface area contributed by atoms with Crippen LogP contribution in [0.25, 0.3) is 0 Å². The molecule has 0 bridgehead atoms. The van der Waals surface area contributed by atoms with Crippen molar-refractivity contribution in [2.75, 3.05) is 13.2 Å². The van der Waals surface area contributed by atoms with Gasteiger partial charge in [-0.05, 0) is 31.1 Å². The third-order valence-electron chi connectivity index (χ3n) is 12.3. The fourth-order valence-electron chi connectivity index (χ4n) is 7.96. The molecule has 0 N–H and O–H groups in total. The average Bonchev–Trinajstić information content (AvgIpc) is 3.22. The number of rotatable bonds is 47. The maximum atomic E-state index is 12.8. The van der Waals surface area contributed by atoms with Crippen LogP contribution in [0, 0.1) is 11.8 Å². The van der Waals surface area contributed by atoms with Gasteiger partial charge in [0.15, 0.2) is 6.10 Å². The smallest absolute Gasteiger partial charge is 0.306 e. The van der Waals surface area contributed by atoms with Gasteiger partial charge in [0, 0.05) is 19.3 Å². The van der Waals surface area contributed by atoms with Gasteiger partial charge in [0.25, 0.3) is 0 Å². The lowest BCUT2D eigenvalue weighted by Crippen LogP contribution is -2.30. The van der Waals surface area contributed by atoms with Crippen molar-refractivity contribution in [3.63, 3.8) is 0 Å². The fourth-order valence-corrected chi connectivity index (χ4v) is 7.96. The van der Waals surface area contributed by atoms with Gasteiger partial charge in [-0.15, -0.1) is 0 Å². The molecule has 0 fully saturated rings. The molecule has 1 unspecified atom stereocenters. The van der Waals surface area contributed by atoms with Crippen molar-refractivity contribution in [1.29, 1.82) is 0 Å². The SMILES string of the molecule is CCCCCCCCCCCCCCCCCCCCC(=O)OC[C@@H](COC(=O)CCCCCCCCCCC(C)CC)OC(=O)CCCCCCCCCCC(C)C. The van der Waals surface area contributed by atoms with Crippen molar-refractivity contribution in [2.24, 2.45) is 11.8 Å². The van der Waals surface area contributed by atoms with E-state index in [2.05, 4.69) is 34.6 Å². The molecule has 0 rings (SSSR count). The van der Waals surface area contributed by atoms with E-state index in [0.29, 0.717) is 19.3 Å². The Bertz CT molecular complexity index is 902. The van der Waals surface area contributed by atoms with Crippen LogP contribution in [0.2, 0.25) is 0 Å². The lowest BCUT2D eigenvalue weighted by molar-refractivity contribution is -0.167. The summed E-state index contributed by atoms with van der Waals surface area (Å²) in [6.45, 7) is 11.3. The van der Waals surface area contributed by atoms with Crippen LogP contribution < -0.4 is 0 Å². The molecular weight excluding hydrogens is 733 g/mol. The first kappa shape index (κ1) is 57.4. The number of hydrogen-bond donors (Lipinski definition) is 0. The zero-order chi connectivity index (χ0) is 43.3. The topological polar surface area (TPSA) is 78.9 Å². The Morgan fingerprint density at radius 1 is 0.356 bits per heavy atom. The highest BCUT2D eigenvalue weighted by molar-refractivity contribution is 5.71. The number of esters is 3. The van der Waals surface area contributed by atoms with E-state index in [-0.39, 0.29) is 31.1 Å². The molecule has 0 saturated carbocycles. The molecule has 0 amide bonds. The lowest BCUT2D eigenvalue weighted by atomic mass is 9.99. The Balaban J connectivity index is 4.26. The summed E-state index contributed by atoms with van der Waals surface area (Å²) < 4.78 is 16.8. The van der Waals surface area contributed by atoms with Crippen LogP contribution in [0.3, 0.4) is 0 Å². The van der Waals surface area contributed by atoms with Gasteiger partial charge in [0.2, 0.25) is 0 Å². The highest BCUT2D eigenvalue weighted by Crippen LogP contribution is 2.18. The van der Waals surface area contributed by atoms with Crippen molar-refractivity contribution < 1.29 is 28.6 Å². The molecule has 350 valence electrons. The molecule has 6 heteroatoms. The summed E-state index contributed by atoms with van der Waals surface area (Å²) in [4.78, 5) is 37.9. The second-order valence-electron chi connectivity index (χ2n) is 18.9. The highest BCUT2D eigenvalue weighted by Gasteiger charge is 2.19. The predicted octanol–water partition coefficient (Wildman–Crippen LogP) is 16.9. The van der Waals surface area contributed by atoms with Gasteiger partial charge in [-0.25, -0.2) is 0 Å². The van der Waals surface area contributed by atoms with Gasteiger partial charge < -0.3 is 14.2 Å². The van der Waals surface area contributed by atoms with Gasteiger partial charge in [0.05, 0.1) is 0 Å². The van der Waals surface area contributed by atoms with Crippen molar-refractivity contribution >= 4 is 17.9 Å². The zero-order valence-corrected chi connectivity index (χ0v) is 40.4. The summed E-state index contributed by atoms with van der Waals surface area (Å²) in [5, 5.41) is 0. The van der Waals surface area contributed by atoms with E-state index in [1.807, 2.05) is 0 Å². The minimum atomic E-state index is -0.762. The third-order valence-corrected chi connectivity index (χ3v) is 12.3. The zero-order valence-electron chi connectivity index (χ0n) is 40.4. The van der Waals surface area contributed by atoms with Crippen LogP contribution in [0.4, 0.5) is 0 Å². The first-order valence-electron chi connectivity index (χ1n) is 26.3. The second kappa shape index (κ2) is 45.9. The van der Waals surface area contributed by atoms with E-state index in [1.165, 1.54) is 180 Å². The molecule has 0 heterocycles. The molecular formula is C53H102O6. The van der Waals surface area contributed by atoms with Gasteiger partial charge in [0.1, 0.15) is 13.2 Å². The van der Waals surface area contributed by atoms with E-state index in [0.717, 1.165) is 69.6 Å². The van der Waals surface area contributed by atoms with Crippen molar-refractivity contribution in [3.8, 4) is 0 Å². The second-order valence-corrected chi connectivity index (χ2v) is 18.9. The van der Waals surface area contributed by atoms with E-state index in [9.17, 15) is 14.4 Å². The van der Waals surface area contributed by atoms with E-state index in [1.54, 1.807) is 0 Å². The molecule has 0 aliphatic heterocycles. The van der Waals surface area contributed by atoms with E-state index in [4.69, 9.17) is 14.2 Å². The number of ether oxygens (including phenoxy) is 3. The minimum absolute atomic E-state index is 0.0644. The number of unbranched alkanes of at least 4 members (excludes halogenated alkanes) is 31. The third kappa shape index (κ3) is 45.8.